The number of ether oxygens (including phenoxy) is 2. The van der Waals surface area contributed by atoms with Gasteiger partial charge in [0.2, 0.25) is 0 Å². The van der Waals surface area contributed by atoms with E-state index >= 15 is 0 Å². The van der Waals surface area contributed by atoms with Gasteiger partial charge in [-0.25, -0.2) is 14.0 Å². The maximum absolute atomic E-state index is 14.4. The van der Waals surface area contributed by atoms with E-state index < -0.39 is 24.0 Å². The number of alkyl halides is 1. The smallest absolute Gasteiger partial charge is 0.410 e. The first kappa shape index (κ1) is 21.5. The first-order valence-corrected chi connectivity index (χ1v) is 9.97. The number of likely N-dealkylation sites (tertiary alicyclic amines) is 1. The second kappa shape index (κ2) is 9.09. The van der Waals surface area contributed by atoms with Gasteiger partial charge in [0.1, 0.15) is 11.8 Å². The van der Waals surface area contributed by atoms with E-state index in [2.05, 4.69) is 0 Å². The summed E-state index contributed by atoms with van der Waals surface area (Å²) in [6.07, 6.45) is -1.84. The number of nitrogens with zero attached hydrogens (tertiary/aromatic N) is 2. The van der Waals surface area contributed by atoms with Crippen molar-refractivity contribution in [1.82, 2.24) is 9.96 Å². The standard InChI is InChI=1S/C21H29FN2O5/c1-21(2,3)28-20(26)23-10-9-18(17(22)13-23)27-14-15-11-24(12-15)29-19(25)16-7-5-4-6-8-16/h4-8,15,17-18H,9-14H2,1-3H3/t17-,18+/m0/s1. The molecule has 0 saturated carbocycles. The second-order valence-corrected chi connectivity index (χ2v) is 8.56. The molecule has 0 N–H and O–H groups in total. The van der Waals surface area contributed by atoms with Gasteiger partial charge in [0.05, 0.1) is 24.8 Å². The third-order valence-electron chi connectivity index (χ3n) is 4.82. The van der Waals surface area contributed by atoms with E-state index in [9.17, 15) is 14.0 Å². The van der Waals surface area contributed by atoms with Crippen molar-refractivity contribution in [3.63, 3.8) is 0 Å². The van der Waals surface area contributed by atoms with Crippen molar-refractivity contribution in [3.8, 4) is 0 Å². The molecule has 8 heteroatoms. The first-order valence-electron chi connectivity index (χ1n) is 9.97. The van der Waals surface area contributed by atoms with E-state index in [1.807, 2.05) is 6.07 Å². The van der Waals surface area contributed by atoms with Crippen LogP contribution in [0.4, 0.5) is 9.18 Å². The number of hydroxylamine groups is 2. The molecule has 3 rings (SSSR count). The monoisotopic (exact) mass is 408 g/mol. The first-order chi connectivity index (χ1) is 13.7. The summed E-state index contributed by atoms with van der Waals surface area (Å²) in [5.41, 5.74) is -0.0970. The number of amides is 1. The molecule has 2 saturated heterocycles. The molecule has 160 valence electrons. The Balaban J connectivity index is 1.34. The number of hydrogen-bond donors (Lipinski definition) is 0. The van der Waals surface area contributed by atoms with Gasteiger partial charge in [-0.1, -0.05) is 18.2 Å². The Morgan fingerprint density at radius 2 is 1.83 bits per heavy atom. The molecule has 0 bridgehead atoms. The fourth-order valence-corrected chi connectivity index (χ4v) is 3.27. The van der Waals surface area contributed by atoms with Gasteiger partial charge in [-0.3, -0.25) is 0 Å². The molecular weight excluding hydrogens is 379 g/mol. The largest absolute Gasteiger partial charge is 0.444 e. The van der Waals surface area contributed by atoms with Crippen molar-refractivity contribution in [3.05, 3.63) is 35.9 Å². The summed E-state index contributed by atoms with van der Waals surface area (Å²) in [5.74, 6) is -0.196. The van der Waals surface area contributed by atoms with Crippen LogP contribution in [-0.2, 0) is 14.3 Å². The van der Waals surface area contributed by atoms with Gasteiger partial charge in [-0.2, -0.15) is 0 Å². The molecule has 0 aromatic heterocycles. The van der Waals surface area contributed by atoms with E-state index in [1.165, 1.54) is 4.90 Å². The Bertz CT molecular complexity index is 703. The van der Waals surface area contributed by atoms with Crippen LogP contribution in [0, 0.1) is 5.92 Å². The molecule has 0 spiro atoms. The van der Waals surface area contributed by atoms with Crippen LogP contribution >= 0.6 is 0 Å². The van der Waals surface area contributed by atoms with Gasteiger partial charge in [-0.15, -0.1) is 5.06 Å². The predicted molar refractivity (Wildman–Crippen MR) is 104 cm³/mol. The van der Waals surface area contributed by atoms with Crippen molar-refractivity contribution in [2.24, 2.45) is 5.92 Å². The second-order valence-electron chi connectivity index (χ2n) is 8.56. The third kappa shape index (κ3) is 6.14. The van der Waals surface area contributed by atoms with Gasteiger partial charge in [-0.05, 0) is 39.3 Å². The molecule has 7 nitrogen and oxygen atoms in total. The minimum Gasteiger partial charge on any atom is -0.444 e. The van der Waals surface area contributed by atoms with Crippen LogP contribution in [0.3, 0.4) is 0 Å². The van der Waals surface area contributed by atoms with Crippen LogP contribution in [0.1, 0.15) is 37.6 Å². The van der Waals surface area contributed by atoms with Gasteiger partial charge < -0.3 is 19.2 Å². The van der Waals surface area contributed by atoms with Crippen LogP contribution in [0.15, 0.2) is 30.3 Å². The van der Waals surface area contributed by atoms with Gasteiger partial charge in [0.15, 0.2) is 0 Å². The summed E-state index contributed by atoms with van der Waals surface area (Å²) in [6, 6.07) is 8.81. The third-order valence-corrected chi connectivity index (χ3v) is 4.82. The molecule has 2 heterocycles. The van der Waals surface area contributed by atoms with Crippen LogP contribution in [0.5, 0.6) is 0 Å². The molecule has 2 atom stereocenters. The number of rotatable bonds is 5. The lowest BCUT2D eigenvalue weighted by Gasteiger charge is -2.39. The topological polar surface area (TPSA) is 68.3 Å². The summed E-state index contributed by atoms with van der Waals surface area (Å²) in [5, 5.41) is 1.58. The molecule has 1 amide bonds. The van der Waals surface area contributed by atoms with E-state index in [-0.39, 0.29) is 18.4 Å². The summed E-state index contributed by atoms with van der Waals surface area (Å²) in [6.45, 7) is 7.26. The maximum Gasteiger partial charge on any atom is 0.410 e. The van der Waals surface area contributed by atoms with Crippen molar-refractivity contribution < 1.29 is 28.3 Å². The minimum atomic E-state index is -1.25. The predicted octanol–water partition coefficient (Wildman–Crippen LogP) is 3.05. The summed E-state index contributed by atoms with van der Waals surface area (Å²) in [4.78, 5) is 30.7. The normalized spacial score (nSPS) is 23.4. The Morgan fingerprint density at radius 1 is 1.14 bits per heavy atom. The molecular formula is C21H29FN2O5. The molecule has 0 aliphatic carbocycles. The number of piperidine rings is 1. The lowest BCUT2D eigenvalue weighted by atomic mass is 10.0. The van der Waals surface area contributed by atoms with Crippen molar-refractivity contribution in [2.75, 3.05) is 32.8 Å². The SMILES string of the molecule is CC(C)(C)OC(=O)N1CC[C@@H](OCC2CN(OC(=O)c3ccccc3)C2)[C@@H](F)C1. The van der Waals surface area contributed by atoms with E-state index in [0.29, 0.717) is 38.2 Å². The lowest BCUT2D eigenvalue weighted by Crippen LogP contribution is -2.52. The Labute approximate surface area is 170 Å². The molecule has 29 heavy (non-hydrogen) atoms. The summed E-state index contributed by atoms with van der Waals surface area (Å²) >= 11 is 0. The zero-order valence-electron chi connectivity index (χ0n) is 17.2. The number of hydrogen-bond acceptors (Lipinski definition) is 6. The molecule has 2 aliphatic rings. The number of benzene rings is 1. The minimum absolute atomic E-state index is 0.0228. The van der Waals surface area contributed by atoms with E-state index in [0.717, 1.165) is 0 Å². The lowest BCUT2D eigenvalue weighted by molar-refractivity contribution is -0.189. The van der Waals surface area contributed by atoms with E-state index in [1.54, 1.807) is 50.1 Å². The average molecular weight is 408 g/mol. The highest BCUT2D eigenvalue weighted by Crippen LogP contribution is 2.23. The summed E-state index contributed by atoms with van der Waals surface area (Å²) in [7, 11) is 0. The molecule has 2 fully saturated rings. The number of halogens is 1. The molecule has 1 aromatic rings. The molecule has 1 aromatic carbocycles. The number of carbonyl (C=O) groups excluding carboxylic acids is 2. The van der Waals surface area contributed by atoms with E-state index in [4.69, 9.17) is 14.3 Å². The highest BCUT2D eigenvalue weighted by molar-refractivity contribution is 5.89. The fourth-order valence-electron chi connectivity index (χ4n) is 3.27. The molecule has 0 unspecified atom stereocenters. The van der Waals surface area contributed by atoms with Crippen LogP contribution in [0.25, 0.3) is 0 Å². The maximum atomic E-state index is 14.4. The Morgan fingerprint density at radius 3 is 2.45 bits per heavy atom. The van der Waals surface area contributed by atoms with Crippen molar-refractivity contribution in [1.29, 1.82) is 0 Å². The van der Waals surface area contributed by atoms with Gasteiger partial charge >= 0.3 is 12.1 Å². The summed E-state index contributed by atoms with van der Waals surface area (Å²) < 4.78 is 25.5. The Kier molecular flexibility index (Phi) is 6.74. The van der Waals surface area contributed by atoms with Crippen LogP contribution in [-0.4, -0.2) is 72.7 Å². The van der Waals surface area contributed by atoms with Gasteiger partial charge in [0.25, 0.3) is 0 Å². The van der Waals surface area contributed by atoms with Gasteiger partial charge in [0, 0.05) is 25.6 Å². The number of carbonyl (C=O) groups is 2. The zero-order chi connectivity index (χ0) is 21.0. The zero-order valence-corrected chi connectivity index (χ0v) is 17.2. The highest BCUT2D eigenvalue weighted by Gasteiger charge is 2.36. The molecule has 0 radical (unpaired) electrons. The average Bonchev–Trinajstić information content (AvgIpc) is 2.63. The Hall–Kier alpha value is -2.19. The van der Waals surface area contributed by atoms with Crippen molar-refractivity contribution in [2.45, 2.75) is 45.1 Å². The van der Waals surface area contributed by atoms with Crippen LogP contribution < -0.4 is 0 Å². The highest BCUT2D eigenvalue weighted by atomic mass is 19.1. The van der Waals surface area contributed by atoms with Crippen molar-refractivity contribution >= 4 is 12.1 Å². The van der Waals surface area contributed by atoms with Crippen LogP contribution in [0.2, 0.25) is 0 Å². The fraction of sp³-hybridized carbons (Fsp3) is 0.619. The quantitative estimate of drug-likeness (QED) is 0.746. The molecule has 2 aliphatic heterocycles.